The number of aromatic carboxylic acids is 1. The van der Waals surface area contributed by atoms with Crippen LogP contribution in [-0.4, -0.2) is 41.2 Å². The lowest BCUT2D eigenvalue weighted by Crippen LogP contribution is -2.23. The Morgan fingerprint density at radius 1 is 1.25 bits per heavy atom. The van der Waals surface area contributed by atoms with Gasteiger partial charge < -0.3 is 9.84 Å². The van der Waals surface area contributed by atoms with Gasteiger partial charge >= 0.3 is 5.97 Å². The first kappa shape index (κ1) is 20.6. The maximum Gasteiger partial charge on any atom is 0.335 e. The number of methoxy groups -OCH3 is 1. The molecule has 0 unspecified atom stereocenters. The number of carbonyl (C=O) groups excluding carboxylic acids is 1. The van der Waals surface area contributed by atoms with Crippen molar-refractivity contribution in [2.75, 3.05) is 14.2 Å². The third-order valence-electron chi connectivity index (χ3n) is 3.87. The summed E-state index contributed by atoms with van der Waals surface area (Å²) in [5, 5.41) is 9.48. The third-order valence-corrected chi connectivity index (χ3v) is 5.98. The lowest BCUT2D eigenvalue weighted by atomic mass is 10.2. The Morgan fingerprint density at radius 3 is 2.54 bits per heavy atom. The summed E-state index contributed by atoms with van der Waals surface area (Å²) in [6, 6.07) is 9.89. The summed E-state index contributed by atoms with van der Waals surface area (Å²) < 4.78 is 7.05. The van der Waals surface area contributed by atoms with Crippen molar-refractivity contribution in [1.29, 1.82) is 0 Å². The highest BCUT2D eigenvalue weighted by atomic mass is 79.9. The van der Waals surface area contributed by atoms with E-state index in [1.807, 2.05) is 12.1 Å². The minimum atomic E-state index is -0.999. The Bertz CT molecular complexity index is 1020. The first-order valence-corrected chi connectivity index (χ1v) is 10.3. The van der Waals surface area contributed by atoms with Gasteiger partial charge in [0, 0.05) is 17.1 Å². The smallest absolute Gasteiger partial charge is 0.335 e. The van der Waals surface area contributed by atoms with Gasteiger partial charge in [-0.05, 0) is 70.2 Å². The van der Waals surface area contributed by atoms with Crippen molar-refractivity contribution >= 4 is 72.4 Å². The summed E-state index contributed by atoms with van der Waals surface area (Å²) >= 11 is 8.14. The van der Waals surface area contributed by atoms with Gasteiger partial charge in [-0.1, -0.05) is 15.9 Å². The van der Waals surface area contributed by atoms with Crippen LogP contribution in [0.15, 0.2) is 55.2 Å². The molecule has 28 heavy (non-hydrogen) atoms. The van der Waals surface area contributed by atoms with Crippen LogP contribution in [0.3, 0.4) is 0 Å². The third kappa shape index (κ3) is 4.31. The zero-order valence-corrected chi connectivity index (χ0v) is 18.8. The number of halogens is 2. The second-order valence-electron chi connectivity index (χ2n) is 5.73. The molecule has 1 N–H and O–H groups in total. The highest BCUT2D eigenvalue weighted by molar-refractivity contribution is 9.11. The molecule has 1 aliphatic heterocycles. The maximum absolute atomic E-state index is 12.6. The van der Waals surface area contributed by atoms with E-state index in [9.17, 15) is 9.59 Å². The van der Waals surface area contributed by atoms with E-state index < -0.39 is 5.97 Å². The number of carboxylic acid groups (broad SMARTS) is 1. The standard InChI is InChI=1S/C19H14Br2N2O4S/c1-23-17(24)15(8-11-7-12(20)9-14(21)16(11)27-2)28-19(23)22-13-5-3-10(4-6-13)18(25)26/h3-9H,1-2H3,(H,25,26). The Hall–Kier alpha value is -2.10. The topological polar surface area (TPSA) is 79.2 Å². The monoisotopic (exact) mass is 524 g/mol. The predicted molar refractivity (Wildman–Crippen MR) is 117 cm³/mol. The highest BCUT2D eigenvalue weighted by Crippen LogP contribution is 2.38. The minimum absolute atomic E-state index is 0.177. The SMILES string of the molecule is COc1c(Br)cc(Br)cc1C=C1SC(=Nc2ccc(C(=O)O)cc2)N(C)C1=O. The van der Waals surface area contributed by atoms with Crippen LogP contribution < -0.4 is 4.74 Å². The van der Waals surface area contributed by atoms with Crippen LogP contribution in [0, 0.1) is 0 Å². The highest BCUT2D eigenvalue weighted by Gasteiger charge is 2.30. The number of amides is 1. The van der Waals surface area contributed by atoms with Crippen LogP contribution in [0.2, 0.25) is 0 Å². The van der Waals surface area contributed by atoms with E-state index in [1.54, 1.807) is 32.4 Å². The molecule has 0 aromatic heterocycles. The summed E-state index contributed by atoms with van der Waals surface area (Å²) in [6.45, 7) is 0. The fraction of sp³-hybridized carbons (Fsp3) is 0.105. The molecule has 2 aromatic rings. The fourth-order valence-electron chi connectivity index (χ4n) is 2.48. The van der Waals surface area contributed by atoms with Crippen LogP contribution >= 0.6 is 43.6 Å². The Morgan fingerprint density at radius 2 is 1.93 bits per heavy atom. The number of hydrogen-bond acceptors (Lipinski definition) is 5. The summed E-state index contributed by atoms with van der Waals surface area (Å²) in [5.74, 6) is -0.549. The number of rotatable bonds is 4. The number of amidine groups is 1. The molecule has 144 valence electrons. The molecule has 1 aliphatic rings. The first-order chi connectivity index (χ1) is 13.3. The van der Waals surface area contributed by atoms with Gasteiger partial charge in [-0.25, -0.2) is 9.79 Å². The van der Waals surface area contributed by atoms with Crippen molar-refractivity contribution in [2.24, 2.45) is 4.99 Å². The van der Waals surface area contributed by atoms with Crippen molar-refractivity contribution in [2.45, 2.75) is 0 Å². The fourth-order valence-corrected chi connectivity index (χ4v) is 4.88. The molecule has 1 amide bonds. The molecule has 0 saturated carbocycles. The zero-order valence-electron chi connectivity index (χ0n) is 14.8. The van der Waals surface area contributed by atoms with Gasteiger partial charge in [0.1, 0.15) is 5.75 Å². The molecule has 0 bridgehead atoms. The van der Waals surface area contributed by atoms with Crippen LogP contribution in [0.4, 0.5) is 5.69 Å². The number of likely N-dealkylation sites (N-methyl/N-ethyl adjacent to an activating group) is 1. The van der Waals surface area contributed by atoms with E-state index in [4.69, 9.17) is 9.84 Å². The number of benzene rings is 2. The second kappa shape index (κ2) is 8.50. The maximum atomic E-state index is 12.6. The molecule has 0 atom stereocenters. The van der Waals surface area contributed by atoms with Gasteiger partial charge in [-0.3, -0.25) is 9.69 Å². The normalized spacial score (nSPS) is 16.9. The van der Waals surface area contributed by atoms with Crippen LogP contribution in [0.1, 0.15) is 15.9 Å². The Kier molecular flexibility index (Phi) is 6.26. The van der Waals surface area contributed by atoms with E-state index >= 15 is 0 Å². The van der Waals surface area contributed by atoms with Crippen molar-refractivity contribution in [3.05, 3.63) is 61.4 Å². The molecule has 3 rings (SSSR count). The molecule has 9 heteroatoms. The van der Waals surface area contributed by atoms with Crippen molar-refractivity contribution in [3.63, 3.8) is 0 Å². The lowest BCUT2D eigenvalue weighted by Gasteiger charge is -2.09. The second-order valence-corrected chi connectivity index (χ2v) is 8.51. The van der Waals surface area contributed by atoms with Gasteiger partial charge in [-0.2, -0.15) is 0 Å². The van der Waals surface area contributed by atoms with E-state index in [1.165, 1.54) is 28.8 Å². The zero-order chi connectivity index (χ0) is 20.4. The van der Waals surface area contributed by atoms with Gasteiger partial charge in [0.05, 0.1) is 27.7 Å². The summed E-state index contributed by atoms with van der Waals surface area (Å²) in [5.41, 5.74) is 1.50. The Balaban J connectivity index is 1.93. The number of nitrogens with zero attached hydrogens (tertiary/aromatic N) is 2. The molecule has 0 spiro atoms. The molecule has 1 heterocycles. The number of aliphatic imine (C=N–C) groups is 1. The van der Waals surface area contributed by atoms with Crippen molar-refractivity contribution in [3.8, 4) is 5.75 Å². The van der Waals surface area contributed by atoms with Gasteiger partial charge in [0.2, 0.25) is 0 Å². The van der Waals surface area contributed by atoms with Crippen LogP contribution in [-0.2, 0) is 4.79 Å². The van der Waals surface area contributed by atoms with E-state index in [2.05, 4.69) is 36.9 Å². The largest absolute Gasteiger partial charge is 0.495 e. The molecule has 2 aromatic carbocycles. The lowest BCUT2D eigenvalue weighted by molar-refractivity contribution is -0.121. The van der Waals surface area contributed by atoms with Gasteiger partial charge in [-0.15, -0.1) is 0 Å². The average molecular weight is 526 g/mol. The first-order valence-electron chi connectivity index (χ1n) is 7.93. The summed E-state index contributed by atoms with van der Waals surface area (Å²) in [6.07, 6.45) is 1.76. The van der Waals surface area contributed by atoms with Crippen LogP contribution in [0.25, 0.3) is 6.08 Å². The molecular formula is C19H14Br2N2O4S. The predicted octanol–water partition coefficient (Wildman–Crippen LogP) is 5.15. The number of carbonyl (C=O) groups is 2. The number of hydrogen-bond donors (Lipinski definition) is 1. The van der Waals surface area contributed by atoms with Gasteiger partial charge in [0.15, 0.2) is 5.17 Å². The van der Waals surface area contributed by atoms with Crippen LogP contribution in [0.5, 0.6) is 5.75 Å². The van der Waals surface area contributed by atoms with Gasteiger partial charge in [0.25, 0.3) is 5.91 Å². The van der Waals surface area contributed by atoms with E-state index in [-0.39, 0.29) is 11.5 Å². The van der Waals surface area contributed by atoms with Crippen molar-refractivity contribution in [1.82, 2.24) is 4.90 Å². The molecule has 6 nitrogen and oxygen atoms in total. The number of ether oxygens (including phenoxy) is 1. The van der Waals surface area contributed by atoms with E-state index in [0.717, 1.165) is 14.5 Å². The van der Waals surface area contributed by atoms with E-state index in [0.29, 0.717) is 21.5 Å². The molecule has 0 radical (unpaired) electrons. The molecule has 1 saturated heterocycles. The van der Waals surface area contributed by atoms with Crippen molar-refractivity contribution < 1.29 is 19.4 Å². The summed E-state index contributed by atoms with van der Waals surface area (Å²) in [7, 11) is 3.22. The quantitative estimate of drug-likeness (QED) is 0.558. The summed E-state index contributed by atoms with van der Waals surface area (Å²) in [4.78, 5) is 30.0. The Labute approximate surface area is 182 Å². The molecular weight excluding hydrogens is 512 g/mol. The number of thioether (sulfide) groups is 1. The molecule has 1 fully saturated rings. The average Bonchev–Trinajstić information content (AvgIpc) is 2.90. The number of carboxylic acids is 1. The minimum Gasteiger partial charge on any atom is -0.495 e. The molecule has 0 aliphatic carbocycles.